The minimum Gasteiger partial charge on any atom is -0.496 e. The van der Waals surface area contributed by atoms with Crippen molar-refractivity contribution in [1.82, 2.24) is 4.98 Å². The molecule has 1 aromatic heterocycles. The molecule has 0 saturated carbocycles. The summed E-state index contributed by atoms with van der Waals surface area (Å²) in [5.41, 5.74) is 3.33. The van der Waals surface area contributed by atoms with E-state index in [2.05, 4.69) is 10.3 Å². The average molecular weight is 344 g/mol. The normalized spacial score (nSPS) is 10.7. The molecule has 0 aliphatic carbocycles. The number of fused-ring (bicyclic) bond motifs is 1. The van der Waals surface area contributed by atoms with Gasteiger partial charge < -0.3 is 14.5 Å². The second-order valence-corrected chi connectivity index (χ2v) is 5.72. The van der Waals surface area contributed by atoms with Gasteiger partial charge in [0.1, 0.15) is 11.3 Å². The van der Waals surface area contributed by atoms with Gasteiger partial charge in [0, 0.05) is 17.3 Å². The van der Waals surface area contributed by atoms with Crippen LogP contribution in [0.15, 0.2) is 77.2 Å². The number of oxazole rings is 1. The van der Waals surface area contributed by atoms with Gasteiger partial charge in [0.25, 0.3) is 5.91 Å². The fourth-order valence-corrected chi connectivity index (χ4v) is 2.73. The van der Waals surface area contributed by atoms with Crippen LogP contribution in [0.2, 0.25) is 0 Å². The van der Waals surface area contributed by atoms with E-state index in [1.807, 2.05) is 48.5 Å². The van der Waals surface area contributed by atoms with Crippen LogP contribution in [0.1, 0.15) is 10.4 Å². The van der Waals surface area contributed by atoms with E-state index in [9.17, 15) is 4.79 Å². The number of ether oxygens (including phenoxy) is 1. The van der Waals surface area contributed by atoms with Crippen molar-refractivity contribution in [3.63, 3.8) is 0 Å². The van der Waals surface area contributed by atoms with Crippen LogP contribution in [0.4, 0.5) is 5.69 Å². The second-order valence-electron chi connectivity index (χ2n) is 5.72. The highest BCUT2D eigenvalue weighted by molar-refractivity contribution is 6.04. The topological polar surface area (TPSA) is 64.4 Å². The Balaban J connectivity index is 1.65. The number of nitrogens with zero attached hydrogens (tertiary/aromatic N) is 1. The first-order valence-corrected chi connectivity index (χ1v) is 8.15. The molecule has 0 atom stereocenters. The molecular formula is C21H16N2O3. The third kappa shape index (κ3) is 3.02. The summed E-state index contributed by atoms with van der Waals surface area (Å²) in [7, 11) is 1.61. The summed E-state index contributed by atoms with van der Waals surface area (Å²) in [6, 6.07) is 22.0. The summed E-state index contributed by atoms with van der Waals surface area (Å²) in [6.45, 7) is 0. The fourth-order valence-electron chi connectivity index (χ4n) is 2.73. The predicted octanol–water partition coefficient (Wildman–Crippen LogP) is 4.76. The standard InChI is InChI=1S/C21H16N2O3/c1-25-18-10-6-5-9-16(18)21-23-17-12-11-15(13-19(17)26-21)22-20(24)14-7-3-2-4-8-14/h2-13H,1H3,(H,22,24). The third-order valence-electron chi connectivity index (χ3n) is 4.02. The molecule has 26 heavy (non-hydrogen) atoms. The van der Waals surface area contributed by atoms with Crippen LogP contribution in [-0.2, 0) is 0 Å². The molecule has 3 aromatic carbocycles. The van der Waals surface area contributed by atoms with E-state index in [1.54, 1.807) is 31.4 Å². The first-order chi connectivity index (χ1) is 12.7. The number of methoxy groups -OCH3 is 1. The lowest BCUT2D eigenvalue weighted by Gasteiger charge is -2.04. The van der Waals surface area contributed by atoms with Gasteiger partial charge in [0.2, 0.25) is 5.89 Å². The number of rotatable bonds is 4. The van der Waals surface area contributed by atoms with E-state index in [4.69, 9.17) is 9.15 Å². The van der Waals surface area contributed by atoms with Crippen molar-refractivity contribution in [3.05, 3.63) is 78.4 Å². The monoisotopic (exact) mass is 344 g/mol. The van der Waals surface area contributed by atoms with Gasteiger partial charge in [0.15, 0.2) is 5.58 Å². The Hall–Kier alpha value is -3.60. The number of para-hydroxylation sites is 1. The quantitative estimate of drug-likeness (QED) is 0.580. The SMILES string of the molecule is COc1ccccc1-c1nc2ccc(NC(=O)c3ccccc3)cc2o1. The molecule has 0 aliphatic heterocycles. The number of aromatic nitrogens is 1. The lowest BCUT2D eigenvalue weighted by Crippen LogP contribution is -2.11. The van der Waals surface area contributed by atoms with Gasteiger partial charge >= 0.3 is 0 Å². The van der Waals surface area contributed by atoms with Gasteiger partial charge in [-0.3, -0.25) is 4.79 Å². The van der Waals surface area contributed by atoms with Crippen molar-refractivity contribution >= 4 is 22.7 Å². The van der Waals surface area contributed by atoms with Crippen molar-refractivity contribution in [1.29, 1.82) is 0 Å². The zero-order valence-electron chi connectivity index (χ0n) is 14.1. The van der Waals surface area contributed by atoms with Gasteiger partial charge in [-0.15, -0.1) is 0 Å². The Morgan fingerprint density at radius 3 is 2.58 bits per heavy atom. The van der Waals surface area contributed by atoms with E-state index in [0.29, 0.717) is 34.0 Å². The summed E-state index contributed by atoms with van der Waals surface area (Å²) in [6.07, 6.45) is 0. The highest BCUT2D eigenvalue weighted by Crippen LogP contribution is 2.32. The van der Waals surface area contributed by atoms with Gasteiger partial charge in [-0.1, -0.05) is 30.3 Å². The number of benzene rings is 3. The van der Waals surface area contributed by atoms with E-state index in [1.165, 1.54) is 0 Å². The summed E-state index contributed by atoms with van der Waals surface area (Å²) < 4.78 is 11.2. The maximum atomic E-state index is 12.3. The van der Waals surface area contributed by atoms with Crippen molar-refractivity contribution in [2.75, 3.05) is 12.4 Å². The molecule has 5 heteroatoms. The number of hydrogen-bond acceptors (Lipinski definition) is 4. The van der Waals surface area contributed by atoms with Crippen molar-refractivity contribution in [3.8, 4) is 17.2 Å². The summed E-state index contributed by atoms with van der Waals surface area (Å²) in [5, 5.41) is 2.87. The maximum Gasteiger partial charge on any atom is 0.255 e. The molecular weight excluding hydrogens is 328 g/mol. The highest BCUT2D eigenvalue weighted by atomic mass is 16.5. The molecule has 0 aliphatic rings. The molecule has 0 saturated heterocycles. The predicted molar refractivity (Wildman–Crippen MR) is 100 cm³/mol. The number of carbonyl (C=O) groups excluding carboxylic acids is 1. The molecule has 1 heterocycles. The van der Waals surface area contributed by atoms with E-state index >= 15 is 0 Å². The van der Waals surface area contributed by atoms with Crippen molar-refractivity contribution in [2.45, 2.75) is 0 Å². The molecule has 0 bridgehead atoms. The maximum absolute atomic E-state index is 12.3. The van der Waals surface area contributed by atoms with Crippen LogP contribution in [0.25, 0.3) is 22.6 Å². The van der Waals surface area contributed by atoms with Crippen molar-refractivity contribution < 1.29 is 13.9 Å². The Labute approximate surface area is 150 Å². The zero-order chi connectivity index (χ0) is 17.9. The minimum atomic E-state index is -0.172. The largest absolute Gasteiger partial charge is 0.496 e. The Kier molecular flexibility index (Phi) is 4.11. The highest BCUT2D eigenvalue weighted by Gasteiger charge is 2.13. The van der Waals surface area contributed by atoms with Crippen LogP contribution in [-0.4, -0.2) is 18.0 Å². The van der Waals surface area contributed by atoms with E-state index in [-0.39, 0.29) is 5.91 Å². The molecule has 5 nitrogen and oxygen atoms in total. The molecule has 0 radical (unpaired) electrons. The van der Waals surface area contributed by atoms with Crippen LogP contribution in [0.3, 0.4) is 0 Å². The number of amides is 1. The van der Waals surface area contributed by atoms with Crippen LogP contribution >= 0.6 is 0 Å². The zero-order valence-corrected chi connectivity index (χ0v) is 14.1. The van der Waals surface area contributed by atoms with Crippen LogP contribution in [0.5, 0.6) is 5.75 Å². The number of nitrogens with one attached hydrogen (secondary N) is 1. The lowest BCUT2D eigenvalue weighted by molar-refractivity contribution is 0.102. The number of hydrogen-bond donors (Lipinski definition) is 1. The third-order valence-corrected chi connectivity index (χ3v) is 4.02. The summed E-state index contributed by atoms with van der Waals surface area (Å²) in [5.74, 6) is 0.995. The Bertz CT molecular complexity index is 1070. The molecule has 4 aromatic rings. The van der Waals surface area contributed by atoms with Crippen LogP contribution in [0, 0.1) is 0 Å². The molecule has 0 fully saturated rings. The molecule has 0 unspecified atom stereocenters. The smallest absolute Gasteiger partial charge is 0.255 e. The van der Waals surface area contributed by atoms with E-state index < -0.39 is 0 Å². The van der Waals surface area contributed by atoms with Gasteiger partial charge in [-0.2, -0.15) is 0 Å². The summed E-state index contributed by atoms with van der Waals surface area (Å²) >= 11 is 0. The average Bonchev–Trinajstić information content (AvgIpc) is 3.11. The summed E-state index contributed by atoms with van der Waals surface area (Å²) in [4.78, 5) is 16.8. The van der Waals surface area contributed by atoms with Gasteiger partial charge in [-0.25, -0.2) is 4.98 Å². The first-order valence-electron chi connectivity index (χ1n) is 8.15. The fraction of sp³-hybridized carbons (Fsp3) is 0.0476. The minimum absolute atomic E-state index is 0.172. The number of anilines is 1. The molecule has 0 spiro atoms. The van der Waals surface area contributed by atoms with Crippen molar-refractivity contribution in [2.24, 2.45) is 0 Å². The Morgan fingerprint density at radius 2 is 1.77 bits per heavy atom. The van der Waals surface area contributed by atoms with E-state index in [0.717, 1.165) is 5.56 Å². The van der Waals surface area contributed by atoms with Gasteiger partial charge in [-0.05, 0) is 36.4 Å². The first kappa shape index (κ1) is 15.9. The second kappa shape index (κ2) is 6.72. The number of carbonyl (C=O) groups is 1. The molecule has 4 rings (SSSR count). The molecule has 1 N–H and O–H groups in total. The lowest BCUT2D eigenvalue weighted by atomic mass is 10.2. The molecule has 128 valence electrons. The Morgan fingerprint density at radius 1 is 1.00 bits per heavy atom. The van der Waals surface area contributed by atoms with Gasteiger partial charge in [0.05, 0.1) is 12.7 Å². The molecule has 1 amide bonds. The van der Waals surface area contributed by atoms with Crippen LogP contribution < -0.4 is 10.1 Å².